The van der Waals surface area contributed by atoms with Crippen LogP contribution in [0.25, 0.3) is 27.9 Å². The fourth-order valence-corrected chi connectivity index (χ4v) is 3.92. The quantitative estimate of drug-likeness (QED) is 0.444. The third-order valence-corrected chi connectivity index (χ3v) is 5.62. The summed E-state index contributed by atoms with van der Waals surface area (Å²) in [6, 6.07) is 7.69. The maximum atomic E-state index is 12.3. The Kier molecular flexibility index (Phi) is 5.56. The van der Waals surface area contributed by atoms with Gasteiger partial charge in [-0.1, -0.05) is 6.07 Å². The molecule has 0 aliphatic carbocycles. The van der Waals surface area contributed by atoms with Crippen molar-refractivity contribution in [2.75, 3.05) is 31.4 Å². The van der Waals surface area contributed by atoms with Crippen molar-refractivity contribution in [3.63, 3.8) is 0 Å². The highest BCUT2D eigenvalue weighted by atomic mass is 16.6. The van der Waals surface area contributed by atoms with Crippen LogP contribution in [0.15, 0.2) is 43.0 Å². The standard InChI is InChI=1S/C24H27N7O4/c1-24(2,3)35-23(32)29-18-6-5-14(7-20(18)33-4)17-8-19(31-21(17)22(25)26-13-28-31)15-9-27-30(10-15)16-11-34-12-16/h5-10,13,16H,11-12H2,1-4H3,(H,29,32)(H2,25,26,28). The molecule has 3 aromatic heterocycles. The minimum atomic E-state index is -0.615. The first-order valence-electron chi connectivity index (χ1n) is 11.2. The van der Waals surface area contributed by atoms with Gasteiger partial charge in [0.1, 0.15) is 23.2 Å². The molecule has 1 fully saturated rings. The Bertz CT molecular complexity index is 1400. The number of nitrogen functional groups attached to an aromatic ring is 1. The number of carbonyl (C=O) groups is 1. The summed E-state index contributed by atoms with van der Waals surface area (Å²) in [5.74, 6) is 0.818. The average molecular weight is 478 g/mol. The Balaban J connectivity index is 1.54. The Hall–Kier alpha value is -4.12. The van der Waals surface area contributed by atoms with Crippen LogP contribution in [0.1, 0.15) is 26.8 Å². The fraction of sp³-hybridized carbons (Fsp3) is 0.333. The molecule has 1 amide bonds. The largest absolute Gasteiger partial charge is 0.495 e. The van der Waals surface area contributed by atoms with Crippen molar-refractivity contribution in [3.8, 4) is 28.1 Å². The van der Waals surface area contributed by atoms with E-state index in [1.165, 1.54) is 6.33 Å². The summed E-state index contributed by atoms with van der Waals surface area (Å²) in [7, 11) is 1.54. The number of benzene rings is 1. The molecule has 0 radical (unpaired) electrons. The summed E-state index contributed by atoms with van der Waals surface area (Å²) >= 11 is 0. The third-order valence-electron chi connectivity index (χ3n) is 5.62. The molecule has 1 aliphatic rings. The molecule has 1 aromatic carbocycles. The van der Waals surface area contributed by atoms with Crippen LogP contribution in [0.2, 0.25) is 0 Å². The van der Waals surface area contributed by atoms with E-state index in [0.29, 0.717) is 36.0 Å². The number of fused-ring (bicyclic) bond motifs is 1. The van der Waals surface area contributed by atoms with Crippen LogP contribution < -0.4 is 15.8 Å². The second kappa shape index (κ2) is 8.58. The van der Waals surface area contributed by atoms with Gasteiger partial charge >= 0.3 is 6.09 Å². The van der Waals surface area contributed by atoms with Gasteiger partial charge in [0.05, 0.1) is 43.9 Å². The van der Waals surface area contributed by atoms with Crippen LogP contribution >= 0.6 is 0 Å². The molecule has 35 heavy (non-hydrogen) atoms. The van der Waals surface area contributed by atoms with E-state index in [1.54, 1.807) is 44.7 Å². The van der Waals surface area contributed by atoms with Gasteiger partial charge in [0, 0.05) is 17.3 Å². The lowest BCUT2D eigenvalue weighted by molar-refractivity contribution is -0.0286. The number of methoxy groups -OCH3 is 1. The number of carbonyl (C=O) groups excluding carboxylic acids is 1. The lowest BCUT2D eigenvalue weighted by Gasteiger charge is -2.25. The van der Waals surface area contributed by atoms with Gasteiger partial charge in [-0.3, -0.25) is 10.00 Å². The van der Waals surface area contributed by atoms with Gasteiger partial charge in [-0.15, -0.1) is 0 Å². The van der Waals surface area contributed by atoms with Crippen molar-refractivity contribution >= 4 is 23.1 Å². The predicted octanol–water partition coefficient (Wildman–Crippen LogP) is 3.77. The number of aromatic nitrogens is 5. The first-order chi connectivity index (χ1) is 16.7. The summed E-state index contributed by atoms with van der Waals surface area (Å²) in [4.78, 5) is 16.5. The molecule has 1 aliphatic heterocycles. The van der Waals surface area contributed by atoms with E-state index in [1.807, 2.05) is 29.1 Å². The number of hydrogen-bond donors (Lipinski definition) is 2. The predicted molar refractivity (Wildman–Crippen MR) is 130 cm³/mol. The van der Waals surface area contributed by atoms with Crippen molar-refractivity contribution in [1.29, 1.82) is 0 Å². The van der Waals surface area contributed by atoms with Crippen molar-refractivity contribution < 1.29 is 19.0 Å². The van der Waals surface area contributed by atoms with E-state index in [4.69, 9.17) is 19.9 Å². The second-order valence-electron chi connectivity index (χ2n) is 9.29. The molecule has 5 rings (SSSR count). The number of nitrogens with zero attached hydrogens (tertiary/aromatic N) is 5. The monoisotopic (exact) mass is 477 g/mol. The number of ether oxygens (including phenoxy) is 3. The topological polar surface area (TPSA) is 131 Å². The highest BCUT2D eigenvalue weighted by Gasteiger charge is 2.24. The molecule has 0 atom stereocenters. The molecule has 3 N–H and O–H groups in total. The van der Waals surface area contributed by atoms with Crippen molar-refractivity contribution in [2.45, 2.75) is 32.4 Å². The molecule has 0 saturated carbocycles. The van der Waals surface area contributed by atoms with Crippen LogP contribution in [0, 0.1) is 0 Å². The molecule has 11 heteroatoms. The molecular weight excluding hydrogens is 450 g/mol. The summed E-state index contributed by atoms with van der Waals surface area (Å²) in [6.07, 6.45) is 4.64. The Labute approximate surface area is 201 Å². The number of anilines is 2. The van der Waals surface area contributed by atoms with E-state index in [0.717, 1.165) is 22.4 Å². The highest BCUT2D eigenvalue weighted by molar-refractivity contribution is 5.94. The van der Waals surface area contributed by atoms with Crippen LogP contribution in [0.4, 0.5) is 16.3 Å². The molecule has 1 saturated heterocycles. The minimum Gasteiger partial charge on any atom is -0.495 e. The molecular formula is C24H27N7O4. The summed E-state index contributed by atoms with van der Waals surface area (Å²) < 4.78 is 19.9. The SMILES string of the molecule is COc1cc(-c2cc(-c3cnn(C4COC4)c3)n3ncnc(N)c23)ccc1NC(=O)OC(C)(C)C. The number of hydrogen-bond acceptors (Lipinski definition) is 8. The van der Waals surface area contributed by atoms with Gasteiger partial charge in [-0.05, 0) is 44.5 Å². The first-order valence-corrected chi connectivity index (χ1v) is 11.2. The van der Waals surface area contributed by atoms with Crippen LogP contribution in [-0.2, 0) is 9.47 Å². The van der Waals surface area contributed by atoms with Crippen LogP contribution in [-0.4, -0.2) is 56.4 Å². The summed E-state index contributed by atoms with van der Waals surface area (Å²) in [6.45, 7) is 6.72. The maximum absolute atomic E-state index is 12.3. The van der Waals surface area contributed by atoms with E-state index in [9.17, 15) is 4.79 Å². The molecule has 4 aromatic rings. The zero-order valence-corrected chi connectivity index (χ0v) is 20.0. The van der Waals surface area contributed by atoms with Crippen molar-refractivity contribution in [3.05, 3.63) is 43.0 Å². The number of rotatable bonds is 5. The number of nitrogens with one attached hydrogen (secondary N) is 1. The van der Waals surface area contributed by atoms with Crippen molar-refractivity contribution in [1.82, 2.24) is 24.4 Å². The lowest BCUT2D eigenvalue weighted by Crippen LogP contribution is -2.30. The van der Waals surface area contributed by atoms with Crippen LogP contribution in [0.3, 0.4) is 0 Å². The smallest absolute Gasteiger partial charge is 0.412 e. The van der Waals surface area contributed by atoms with Gasteiger partial charge in [0.2, 0.25) is 0 Å². The van der Waals surface area contributed by atoms with Gasteiger partial charge in [-0.2, -0.15) is 10.2 Å². The molecule has 0 bridgehead atoms. The van der Waals surface area contributed by atoms with Crippen LogP contribution in [0.5, 0.6) is 5.75 Å². The van der Waals surface area contributed by atoms with E-state index in [2.05, 4.69) is 20.5 Å². The molecule has 0 unspecified atom stereocenters. The summed E-state index contributed by atoms with van der Waals surface area (Å²) in [5.41, 5.74) is 10.2. The first kappa shape index (κ1) is 22.7. The molecule has 0 spiro atoms. The molecule has 4 heterocycles. The third kappa shape index (κ3) is 4.37. The van der Waals surface area contributed by atoms with Gasteiger partial charge in [-0.25, -0.2) is 14.3 Å². The van der Waals surface area contributed by atoms with E-state index in [-0.39, 0.29) is 6.04 Å². The van der Waals surface area contributed by atoms with Gasteiger partial charge in [0.15, 0.2) is 5.82 Å². The zero-order valence-electron chi connectivity index (χ0n) is 20.0. The van der Waals surface area contributed by atoms with E-state index < -0.39 is 11.7 Å². The Morgan fingerprint density at radius 3 is 2.69 bits per heavy atom. The average Bonchev–Trinajstić information content (AvgIpc) is 3.37. The lowest BCUT2D eigenvalue weighted by atomic mass is 10.0. The van der Waals surface area contributed by atoms with Crippen molar-refractivity contribution in [2.24, 2.45) is 0 Å². The van der Waals surface area contributed by atoms with Gasteiger partial charge < -0.3 is 19.9 Å². The minimum absolute atomic E-state index is 0.239. The molecule has 182 valence electrons. The van der Waals surface area contributed by atoms with E-state index >= 15 is 0 Å². The molecule has 11 nitrogen and oxygen atoms in total. The Morgan fingerprint density at radius 2 is 2.00 bits per heavy atom. The number of amides is 1. The number of nitrogens with two attached hydrogens (primary N) is 1. The van der Waals surface area contributed by atoms with Gasteiger partial charge in [0.25, 0.3) is 0 Å². The highest BCUT2D eigenvalue weighted by Crippen LogP contribution is 2.38. The fourth-order valence-electron chi connectivity index (χ4n) is 3.92. The maximum Gasteiger partial charge on any atom is 0.412 e. The normalized spacial score (nSPS) is 14.1. The second-order valence-corrected chi connectivity index (χ2v) is 9.29. The summed E-state index contributed by atoms with van der Waals surface area (Å²) in [5, 5.41) is 11.7. The zero-order chi connectivity index (χ0) is 24.7. The Morgan fingerprint density at radius 1 is 1.20 bits per heavy atom.